The third kappa shape index (κ3) is 58.8. The monoisotopic (exact) mass is 2410 g/mol. The van der Waals surface area contributed by atoms with Gasteiger partial charge in [0.15, 0.2) is 0 Å². The Kier molecular flexibility index (Phi) is 77.0. The van der Waals surface area contributed by atoms with Crippen molar-refractivity contribution in [2.75, 3.05) is 184 Å². The van der Waals surface area contributed by atoms with E-state index in [0.29, 0.717) is 154 Å². The minimum absolute atomic E-state index is 0.00694. The van der Waals surface area contributed by atoms with Crippen molar-refractivity contribution in [2.24, 2.45) is 0 Å². The van der Waals surface area contributed by atoms with E-state index in [9.17, 15) is 33.9 Å². The van der Waals surface area contributed by atoms with Crippen LogP contribution in [0.2, 0.25) is 0 Å². The maximum atomic E-state index is 12.9. The van der Waals surface area contributed by atoms with Crippen molar-refractivity contribution in [3.05, 3.63) is 144 Å². The van der Waals surface area contributed by atoms with Crippen molar-refractivity contribution in [1.82, 2.24) is 106 Å². The van der Waals surface area contributed by atoms with E-state index in [2.05, 4.69) is 106 Å². The molecule has 33 nitrogen and oxygen atoms in total. The van der Waals surface area contributed by atoms with Crippen LogP contribution in [0.3, 0.4) is 0 Å². The second kappa shape index (κ2) is 86.2. The summed E-state index contributed by atoms with van der Waals surface area (Å²) in [6.45, 7) is 21.6. The number of fused-ring (bicyclic) bond motifs is 6. The van der Waals surface area contributed by atoms with Gasteiger partial charge >= 0.3 is 169 Å². The normalized spacial score (nSPS) is 28.1. The molecule has 19 atom stereocenters. The standard InChI is InChI=1S/C42H49N5O8.C22H43N5O2.C21H41N5O2.C19H39N5O.8ClH.4Mn/c48-39(31-13-5-1-6-14-31)52-27-35-23-43-21-22-44-36(28-53-40(49)32-15-7-2-8-16-32)24-46-38(30-55-42(51)34-19-11-4-12-20-34)26-47-37(25-45-35)29-54-41(50)33-17-9-3-10-18-33;1-2-22(28)29-16-17-15-27-21-10-6-5-9-20(21)26-14-13-25-19-8-4-3-7-18(19)24-12-11-23-17;1-16(27)28-15-17-14-26-21-9-5-4-8-20(21)25-13-12-24-19-7-3-2-6-18(19)23-11-10-22-17;25-14-15-13-24-19-8-4-3-7-18(19)23-12-11-22-17-6-2-1-5-16(17)21-10-9-20-15;;;;;;;;;;;;/h1-20,35-38,43-47H,21-30H2;17-21,23-27H,2-16H2,1H3;17-26H,2-15H2,1H3;15-25H,1-14H2;8*1H;;;;/q;;;;;;;;;;;;4*+2/p-8/t35-,36+,37+,38-;2*17-,18+,19+,20+,21+;15-,16+,17+,18+,19+;;;;;;;;;;;;/m0000............/s1. The first-order valence-corrected chi connectivity index (χ1v) is 66.9. The molecule has 21 N–H and O–H groups in total. The molecule has 149 heavy (non-hydrogen) atoms. The van der Waals surface area contributed by atoms with Crippen molar-refractivity contribution >= 4 is 117 Å². The number of nitrogens with one attached hydrogen (secondary N) is 20. The number of hydrogen-bond donors (Lipinski definition) is 21. The third-order valence-electron chi connectivity index (χ3n) is 28.4. The molecule has 0 amide bonds. The molecule has 4 heterocycles. The number of benzene rings is 4. The maximum absolute atomic E-state index is 12.9. The molecule has 10 aliphatic rings. The molecule has 0 bridgehead atoms. The van der Waals surface area contributed by atoms with Gasteiger partial charge in [0.2, 0.25) is 0 Å². The Labute approximate surface area is 946 Å². The van der Waals surface area contributed by atoms with E-state index in [-0.39, 0.29) is 140 Å². The summed E-state index contributed by atoms with van der Waals surface area (Å²) < 4.78 is 33.6. The van der Waals surface area contributed by atoms with Crippen molar-refractivity contribution in [2.45, 2.75) is 289 Å². The topological polar surface area (TPSA) is 419 Å². The molecular weight excluding hydrogens is 2240 g/mol. The summed E-state index contributed by atoms with van der Waals surface area (Å²) in [4.78, 5) is 74.4. The van der Waals surface area contributed by atoms with Crippen LogP contribution in [0.5, 0.6) is 0 Å². The van der Waals surface area contributed by atoms with Crippen LogP contribution in [0.15, 0.2) is 121 Å². The molecule has 4 aromatic rings. The van der Waals surface area contributed by atoms with E-state index < -0.39 is 23.9 Å². The summed E-state index contributed by atoms with van der Waals surface area (Å²) in [5.41, 5.74) is 1.77. The van der Waals surface area contributed by atoms with Crippen molar-refractivity contribution in [3.8, 4) is 0 Å². The van der Waals surface area contributed by atoms with Gasteiger partial charge in [0.05, 0.1) is 65.1 Å². The molecule has 14 rings (SSSR count). The zero-order valence-electron chi connectivity index (χ0n) is 86.9. The molecule has 0 radical (unpaired) electrons. The number of aliphatic hydroxyl groups excluding tert-OH is 1. The zero-order chi connectivity index (χ0) is 107. The van der Waals surface area contributed by atoms with Crippen LogP contribution in [0.25, 0.3) is 0 Å². The second-order valence-electron chi connectivity index (χ2n) is 39.0. The van der Waals surface area contributed by atoms with Crippen LogP contribution in [-0.4, -0.2) is 339 Å². The summed E-state index contributed by atoms with van der Waals surface area (Å²) >= 11 is 0.0278. The first kappa shape index (κ1) is 133. The molecule has 6 aliphatic carbocycles. The molecule has 6 saturated carbocycles. The summed E-state index contributed by atoms with van der Waals surface area (Å²) in [7, 11) is 38.4. The summed E-state index contributed by atoms with van der Waals surface area (Å²) in [6, 6.07) is 40.8. The molecular formula is C104H172Cl8Mn4N20O13. The van der Waals surface area contributed by atoms with Crippen LogP contribution in [0.1, 0.15) is 216 Å². The average Bonchev–Trinajstić information content (AvgIpc) is 1.84. The second-order valence-corrected chi connectivity index (χ2v) is 46.8. The van der Waals surface area contributed by atoms with Crippen molar-refractivity contribution in [1.29, 1.82) is 0 Å². The van der Waals surface area contributed by atoms with Crippen LogP contribution >= 0.6 is 80.8 Å². The predicted octanol–water partition coefficient (Wildman–Crippen LogP) is 9.68. The fraction of sp³-hybridized carbons (Fsp3) is 0.712. The van der Waals surface area contributed by atoms with E-state index in [4.69, 9.17) is 109 Å². The Morgan fingerprint density at radius 1 is 0.248 bits per heavy atom. The molecule has 0 spiro atoms. The number of carbonyl (C=O) groups is 6. The molecule has 4 aromatic carbocycles. The minimum atomic E-state index is -0.460. The van der Waals surface area contributed by atoms with Gasteiger partial charge in [-0.05, 0) is 126 Å². The fourth-order valence-corrected chi connectivity index (χ4v) is 20.5. The van der Waals surface area contributed by atoms with Crippen molar-refractivity contribution < 1.29 is 115 Å². The first-order chi connectivity index (χ1) is 72.9. The van der Waals surface area contributed by atoms with Crippen LogP contribution in [-0.2, 0) is 90.5 Å². The molecule has 850 valence electrons. The number of hydrogen-bond acceptors (Lipinski definition) is 33. The number of halogens is 8. The summed E-state index contributed by atoms with van der Waals surface area (Å²) in [6.07, 6.45) is 31.4. The third-order valence-corrected chi connectivity index (χ3v) is 28.4. The fourth-order valence-electron chi connectivity index (χ4n) is 20.5. The predicted molar refractivity (Wildman–Crippen MR) is 586 cm³/mol. The van der Waals surface area contributed by atoms with E-state index in [1.165, 1.54) is 161 Å². The van der Waals surface area contributed by atoms with Gasteiger partial charge < -0.3 is 140 Å². The molecule has 4 saturated heterocycles. The number of aliphatic hydroxyl groups is 1. The number of esters is 6. The van der Waals surface area contributed by atoms with Crippen LogP contribution < -0.4 is 106 Å². The SMILES string of the molecule is CC(=O)OC[C@@H]1CN[C@@H]2CCCC[C@H]2NCCN[C@@H]2CCCC[C@H]2NCCN1.CCC(=O)OC[C@@H]1CN[C@@H]2CCCC[C@H]2NCCN[C@@H]2CCCC[C@H]2NCCN1.O=C(OC[C@H]1CN[C@H](COC(=O)c2ccccc2)CN[C@@H](COC(=O)c2ccccc2)CN[C@H](COC(=O)c2ccccc2)CNCCN1)c1ccccc1.OC[C@@H]1CN[C@@H]2CCCC[C@H]2NCCN[C@@H]2CCCC[C@H]2NCCN1.[Cl][Mn][Cl].[Cl][Mn][Cl].[Cl][Mn][Cl].[Cl][Mn][Cl]. The average molecular weight is 2410 g/mol. The van der Waals surface area contributed by atoms with Crippen LogP contribution in [0, 0.1) is 0 Å². The Bertz CT molecular complexity index is 3940. The van der Waals surface area contributed by atoms with Gasteiger partial charge in [0.1, 0.15) is 39.6 Å². The van der Waals surface area contributed by atoms with Crippen molar-refractivity contribution in [3.63, 3.8) is 0 Å². The summed E-state index contributed by atoms with van der Waals surface area (Å²) in [5, 5.41) is 83.0. The van der Waals surface area contributed by atoms with E-state index in [1.54, 1.807) is 97.1 Å². The Morgan fingerprint density at radius 3 is 0.658 bits per heavy atom. The molecule has 4 aliphatic heterocycles. The van der Waals surface area contributed by atoms with E-state index >= 15 is 0 Å². The number of ether oxygens (including phenoxy) is 6. The molecule has 0 unspecified atom stereocenters. The van der Waals surface area contributed by atoms with Gasteiger partial charge in [-0.3, -0.25) is 9.59 Å². The van der Waals surface area contributed by atoms with Crippen LogP contribution in [0.4, 0.5) is 0 Å². The molecule has 45 heteroatoms. The molecule has 10 fully saturated rings. The van der Waals surface area contributed by atoms with Gasteiger partial charge in [-0.1, -0.05) is 157 Å². The van der Waals surface area contributed by atoms with Gasteiger partial charge in [-0.25, -0.2) is 19.2 Å². The Balaban J connectivity index is 0.000000273. The van der Waals surface area contributed by atoms with E-state index in [0.717, 1.165) is 98.2 Å². The zero-order valence-corrected chi connectivity index (χ0v) is 97.6. The Morgan fingerprint density at radius 2 is 0.430 bits per heavy atom. The Hall–Kier alpha value is -2.74. The van der Waals surface area contributed by atoms with Gasteiger partial charge in [0.25, 0.3) is 0 Å². The van der Waals surface area contributed by atoms with Gasteiger partial charge in [-0.15, -0.1) is 0 Å². The first-order valence-electron chi connectivity index (χ1n) is 53.9. The van der Waals surface area contributed by atoms with Gasteiger partial charge in [0, 0.05) is 229 Å². The summed E-state index contributed by atoms with van der Waals surface area (Å²) in [5.74, 6) is -2.10. The quantitative estimate of drug-likeness (QED) is 0.0250. The number of carbonyl (C=O) groups excluding carboxylic acids is 6. The van der Waals surface area contributed by atoms with E-state index in [1.807, 2.05) is 31.2 Å². The van der Waals surface area contributed by atoms with Gasteiger partial charge in [-0.2, -0.15) is 0 Å². The number of rotatable bonds is 18. The molecule has 0 aromatic heterocycles.